The lowest BCUT2D eigenvalue weighted by atomic mass is 9.95. The number of nitrogens with zero attached hydrogens (tertiary/aromatic N) is 3. The third-order valence-electron chi connectivity index (χ3n) is 4.91. The molecule has 1 N–H and O–H groups in total. The average molecular weight is 373 g/mol. The summed E-state index contributed by atoms with van der Waals surface area (Å²) in [4.78, 5) is 12.5. The summed E-state index contributed by atoms with van der Waals surface area (Å²) < 4.78 is 2.09. The van der Waals surface area contributed by atoms with E-state index in [1.807, 2.05) is 13.0 Å². The monoisotopic (exact) mass is 372 g/mol. The Morgan fingerprint density at radius 3 is 2.77 bits per heavy atom. The lowest BCUT2D eigenvalue weighted by Gasteiger charge is -2.24. The zero-order chi connectivity index (χ0) is 18.5. The van der Waals surface area contributed by atoms with Gasteiger partial charge in [0, 0.05) is 18.2 Å². The molecule has 1 atom stereocenters. The number of benzene rings is 1. The number of carbonyl (C=O) groups excluding carboxylic acids is 1. The fourth-order valence-corrected chi connectivity index (χ4v) is 4.36. The van der Waals surface area contributed by atoms with Crippen LogP contribution in [0.3, 0.4) is 0 Å². The highest BCUT2D eigenvalue weighted by molar-refractivity contribution is 8.00. The van der Waals surface area contributed by atoms with Gasteiger partial charge >= 0.3 is 0 Å². The third kappa shape index (κ3) is 4.47. The van der Waals surface area contributed by atoms with Gasteiger partial charge in [-0.25, -0.2) is 0 Å². The molecule has 1 amide bonds. The summed E-state index contributed by atoms with van der Waals surface area (Å²) in [7, 11) is 0. The smallest absolute Gasteiger partial charge is 0.233 e. The molecule has 1 aliphatic carbocycles. The number of hydrogen-bond donors (Lipinski definition) is 1. The quantitative estimate of drug-likeness (QED) is 0.772. The fraction of sp³-hybridized carbons (Fsp3) is 0.550. The van der Waals surface area contributed by atoms with Crippen molar-refractivity contribution in [2.75, 3.05) is 0 Å². The topological polar surface area (TPSA) is 59.8 Å². The van der Waals surface area contributed by atoms with Gasteiger partial charge < -0.3 is 9.88 Å². The van der Waals surface area contributed by atoms with E-state index >= 15 is 0 Å². The Kier molecular flexibility index (Phi) is 6.35. The molecule has 1 unspecified atom stereocenters. The van der Waals surface area contributed by atoms with Crippen molar-refractivity contribution in [3.63, 3.8) is 0 Å². The fourth-order valence-electron chi connectivity index (χ4n) is 3.44. The summed E-state index contributed by atoms with van der Waals surface area (Å²) in [5, 5.41) is 12.6. The van der Waals surface area contributed by atoms with Crippen LogP contribution in [0.5, 0.6) is 0 Å². The molecule has 1 heterocycles. The van der Waals surface area contributed by atoms with Crippen molar-refractivity contribution in [2.45, 2.75) is 75.9 Å². The van der Waals surface area contributed by atoms with Gasteiger partial charge in [0.15, 0.2) is 11.0 Å². The number of thioether (sulfide) groups is 1. The number of hydrogen-bond acceptors (Lipinski definition) is 4. The zero-order valence-corrected chi connectivity index (χ0v) is 16.7. The molecule has 0 aliphatic heterocycles. The molecular formula is C20H28N4OS. The molecule has 1 aromatic carbocycles. The largest absolute Gasteiger partial charge is 0.352 e. The van der Waals surface area contributed by atoms with Crippen LogP contribution in [0.25, 0.3) is 11.4 Å². The summed E-state index contributed by atoms with van der Waals surface area (Å²) in [5.74, 6) is 0.961. The summed E-state index contributed by atoms with van der Waals surface area (Å²) >= 11 is 1.49. The van der Waals surface area contributed by atoms with Crippen molar-refractivity contribution in [3.05, 3.63) is 29.8 Å². The van der Waals surface area contributed by atoms with Crippen molar-refractivity contribution in [2.24, 2.45) is 0 Å². The van der Waals surface area contributed by atoms with Crippen LogP contribution in [0, 0.1) is 6.92 Å². The van der Waals surface area contributed by atoms with E-state index in [9.17, 15) is 4.79 Å². The molecule has 140 valence electrons. The average Bonchev–Trinajstić information content (AvgIpc) is 3.05. The van der Waals surface area contributed by atoms with Crippen molar-refractivity contribution in [1.29, 1.82) is 0 Å². The Morgan fingerprint density at radius 1 is 1.31 bits per heavy atom. The molecule has 0 saturated heterocycles. The SMILES string of the molecule is CCn1c(SC(C)C(=O)NC2CCCCC2)nnc1-c1cccc(C)c1. The second-order valence-electron chi connectivity index (χ2n) is 7.02. The highest BCUT2D eigenvalue weighted by atomic mass is 32.2. The van der Waals surface area contributed by atoms with E-state index in [-0.39, 0.29) is 11.2 Å². The van der Waals surface area contributed by atoms with Crippen LogP contribution in [-0.2, 0) is 11.3 Å². The molecular weight excluding hydrogens is 344 g/mol. The third-order valence-corrected chi connectivity index (χ3v) is 5.99. The minimum atomic E-state index is -0.184. The summed E-state index contributed by atoms with van der Waals surface area (Å²) in [5.41, 5.74) is 2.26. The molecule has 26 heavy (non-hydrogen) atoms. The van der Waals surface area contributed by atoms with Gasteiger partial charge in [-0.2, -0.15) is 0 Å². The maximum atomic E-state index is 12.5. The molecule has 0 spiro atoms. The lowest BCUT2D eigenvalue weighted by Crippen LogP contribution is -2.40. The van der Waals surface area contributed by atoms with E-state index in [1.54, 1.807) is 0 Å². The highest BCUT2D eigenvalue weighted by Crippen LogP contribution is 2.27. The first-order chi connectivity index (χ1) is 12.6. The second-order valence-corrected chi connectivity index (χ2v) is 8.33. The number of amides is 1. The predicted octanol–water partition coefficient (Wildman–Crippen LogP) is 4.20. The molecule has 1 aliphatic rings. The van der Waals surface area contributed by atoms with Gasteiger partial charge in [0.2, 0.25) is 5.91 Å². The zero-order valence-electron chi connectivity index (χ0n) is 15.9. The molecule has 6 heteroatoms. The predicted molar refractivity (Wildman–Crippen MR) is 106 cm³/mol. The van der Waals surface area contributed by atoms with E-state index in [0.717, 1.165) is 35.9 Å². The molecule has 1 fully saturated rings. The number of carbonyl (C=O) groups is 1. The van der Waals surface area contributed by atoms with E-state index in [4.69, 9.17) is 0 Å². The second kappa shape index (κ2) is 8.71. The van der Waals surface area contributed by atoms with Gasteiger partial charge in [-0.3, -0.25) is 4.79 Å². The van der Waals surface area contributed by atoms with Gasteiger partial charge in [0.25, 0.3) is 0 Å². The summed E-state index contributed by atoms with van der Waals surface area (Å²) in [6.07, 6.45) is 5.93. The van der Waals surface area contributed by atoms with Crippen molar-refractivity contribution < 1.29 is 4.79 Å². The van der Waals surface area contributed by atoms with Crippen LogP contribution in [-0.4, -0.2) is 32.0 Å². The van der Waals surface area contributed by atoms with Crippen molar-refractivity contribution in [3.8, 4) is 11.4 Å². The number of rotatable bonds is 6. The van der Waals surface area contributed by atoms with Crippen LogP contribution in [0.15, 0.2) is 29.4 Å². The molecule has 3 rings (SSSR count). The van der Waals surface area contributed by atoms with E-state index < -0.39 is 0 Å². The van der Waals surface area contributed by atoms with Crippen LogP contribution in [0.1, 0.15) is 51.5 Å². The van der Waals surface area contributed by atoms with E-state index in [2.05, 4.69) is 52.1 Å². The number of aryl methyl sites for hydroxylation is 1. The maximum absolute atomic E-state index is 12.5. The molecule has 1 aromatic heterocycles. The van der Waals surface area contributed by atoms with Gasteiger partial charge in [-0.05, 0) is 39.7 Å². The van der Waals surface area contributed by atoms with Crippen LogP contribution < -0.4 is 5.32 Å². The first-order valence-corrected chi connectivity index (χ1v) is 10.4. The Hall–Kier alpha value is -1.82. The van der Waals surface area contributed by atoms with Gasteiger partial charge in [-0.1, -0.05) is 54.8 Å². The maximum Gasteiger partial charge on any atom is 0.233 e. The van der Waals surface area contributed by atoms with Gasteiger partial charge in [0.05, 0.1) is 5.25 Å². The Bertz CT molecular complexity index is 752. The molecule has 5 nitrogen and oxygen atoms in total. The van der Waals surface area contributed by atoms with Crippen LogP contribution in [0.2, 0.25) is 0 Å². The minimum Gasteiger partial charge on any atom is -0.352 e. The number of aromatic nitrogens is 3. The van der Waals surface area contributed by atoms with Gasteiger partial charge in [0.1, 0.15) is 0 Å². The Labute approximate surface area is 160 Å². The minimum absolute atomic E-state index is 0.102. The van der Waals surface area contributed by atoms with Gasteiger partial charge in [-0.15, -0.1) is 10.2 Å². The first-order valence-electron chi connectivity index (χ1n) is 9.55. The van der Waals surface area contributed by atoms with Crippen LogP contribution in [0.4, 0.5) is 0 Å². The van der Waals surface area contributed by atoms with Crippen LogP contribution >= 0.6 is 11.8 Å². The molecule has 0 radical (unpaired) electrons. The standard InChI is InChI=1S/C20H28N4OS/c1-4-24-18(16-10-8-9-14(2)13-16)22-23-20(24)26-15(3)19(25)21-17-11-6-5-7-12-17/h8-10,13,15,17H,4-7,11-12H2,1-3H3,(H,21,25). The first kappa shape index (κ1) is 19.0. The summed E-state index contributed by atoms with van der Waals surface area (Å²) in [6.45, 7) is 6.88. The molecule has 1 saturated carbocycles. The highest BCUT2D eigenvalue weighted by Gasteiger charge is 2.23. The van der Waals surface area contributed by atoms with Crippen molar-refractivity contribution >= 4 is 17.7 Å². The Morgan fingerprint density at radius 2 is 2.08 bits per heavy atom. The van der Waals surface area contributed by atoms with E-state index in [0.29, 0.717) is 6.04 Å². The normalized spacial score (nSPS) is 16.4. The Balaban J connectivity index is 1.70. The number of nitrogens with one attached hydrogen (secondary N) is 1. The lowest BCUT2D eigenvalue weighted by molar-refractivity contribution is -0.121. The van der Waals surface area contributed by atoms with E-state index in [1.165, 1.54) is 36.6 Å². The molecule has 2 aromatic rings. The summed E-state index contributed by atoms with van der Waals surface area (Å²) in [6, 6.07) is 8.61. The van der Waals surface area contributed by atoms with Crippen molar-refractivity contribution in [1.82, 2.24) is 20.1 Å². The molecule has 0 bridgehead atoms.